The van der Waals surface area contributed by atoms with Crippen LogP contribution in [0.1, 0.15) is 43.6 Å². The van der Waals surface area contributed by atoms with Gasteiger partial charge in [0.05, 0.1) is 13.2 Å². The van der Waals surface area contributed by atoms with Crippen LogP contribution < -0.4 is 10.4 Å². The Bertz CT molecular complexity index is 991. The van der Waals surface area contributed by atoms with Gasteiger partial charge in [0.1, 0.15) is 10.0 Å². The standard InChI is InChI=1S/C24H33N5O5S/c1-3-5-16-34-24(32)28-14-12-27(13-15-28)19(30)17-25-21(31)20-23(29(33)11-4-2)35-22(26-20)18-9-7-6-8-10-18/h6-10,33H,3-5,11-17H2,1-2H3,(H,25,31). The van der Waals surface area contributed by atoms with Crippen LogP contribution in [0, 0.1) is 0 Å². The fourth-order valence-corrected chi connectivity index (χ4v) is 4.54. The van der Waals surface area contributed by atoms with E-state index in [0.29, 0.717) is 55.8 Å². The number of nitrogens with zero attached hydrogens (tertiary/aromatic N) is 4. The SMILES string of the molecule is CCCCOC(=O)N1CCN(C(=O)CNC(=O)c2nc(-c3ccccc3)sc2N(O)CCC)CC1. The van der Waals surface area contributed by atoms with Crippen molar-refractivity contribution in [3.63, 3.8) is 0 Å². The van der Waals surface area contributed by atoms with Crippen molar-refractivity contribution >= 4 is 34.2 Å². The molecule has 190 valence electrons. The summed E-state index contributed by atoms with van der Waals surface area (Å²) in [6.07, 6.45) is 2.10. The maximum Gasteiger partial charge on any atom is 0.409 e. The first-order valence-corrected chi connectivity index (χ1v) is 12.8. The Morgan fingerprint density at radius 3 is 2.43 bits per heavy atom. The topological polar surface area (TPSA) is 115 Å². The monoisotopic (exact) mass is 503 g/mol. The van der Waals surface area contributed by atoms with Gasteiger partial charge in [0.15, 0.2) is 5.69 Å². The minimum atomic E-state index is -0.528. The molecular weight excluding hydrogens is 470 g/mol. The summed E-state index contributed by atoms with van der Waals surface area (Å²) < 4.78 is 5.22. The molecule has 1 fully saturated rings. The fraction of sp³-hybridized carbons (Fsp3) is 0.500. The van der Waals surface area contributed by atoms with Gasteiger partial charge in [-0.15, -0.1) is 0 Å². The highest BCUT2D eigenvalue weighted by Crippen LogP contribution is 2.34. The van der Waals surface area contributed by atoms with Crippen molar-refractivity contribution in [3.05, 3.63) is 36.0 Å². The molecule has 1 aromatic carbocycles. The molecule has 3 amide bonds. The number of hydroxylamine groups is 1. The molecule has 2 aromatic rings. The molecule has 0 radical (unpaired) electrons. The average Bonchev–Trinajstić information content (AvgIpc) is 3.34. The molecule has 0 unspecified atom stereocenters. The molecule has 0 aliphatic carbocycles. The van der Waals surface area contributed by atoms with Gasteiger partial charge in [-0.05, 0) is 12.8 Å². The highest BCUT2D eigenvalue weighted by atomic mass is 32.1. The van der Waals surface area contributed by atoms with Gasteiger partial charge in [0.2, 0.25) is 5.91 Å². The maximum atomic E-state index is 12.9. The van der Waals surface area contributed by atoms with Crippen LogP contribution in [-0.2, 0) is 9.53 Å². The second-order valence-electron chi connectivity index (χ2n) is 8.18. The predicted molar refractivity (Wildman–Crippen MR) is 134 cm³/mol. The minimum absolute atomic E-state index is 0.0808. The molecular formula is C24H33N5O5S. The van der Waals surface area contributed by atoms with Crippen molar-refractivity contribution in [3.8, 4) is 10.6 Å². The van der Waals surface area contributed by atoms with E-state index in [1.54, 1.807) is 9.80 Å². The van der Waals surface area contributed by atoms with Crippen LogP contribution in [0.5, 0.6) is 0 Å². The molecule has 11 heteroatoms. The number of rotatable bonds is 10. The van der Waals surface area contributed by atoms with Gasteiger partial charge in [0, 0.05) is 38.3 Å². The van der Waals surface area contributed by atoms with E-state index < -0.39 is 5.91 Å². The van der Waals surface area contributed by atoms with Crippen LogP contribution in [0.15, 0.2) is 30.3 Å². The molecule has 0 saturated carbocycles. The van der Waals surface area contributed by atoms with Crippen molar-refractivity contribution in [2.45, 2.75) is 33.1 Å². The number of carbonyl (C=O) groups excluding carboxylic acids is 3. The Labute approximate surface area is 209 Å². The van der Waals surface area contributed by atoms with Crippen LogP contribution >= 0.6 is 11.3 Å². The Kier molecular flexibility index (Phi) is 9.86. The van der Waals surface area contributed by atoms with E-state index in [0.717, 1.165) is 23.5 Å². The third kappa shape index (κ3) is 7.15. The Morgan fingerprint density at radius 2 is 1.77 bits per heavy atom. The summed E-state index contributed by atoms with van der Waals surface area (Å²) in [6.45, 7) is 6.02. The lowest BCUT2D eigenvalue weighted by atomic mass is 10.2. The van der Waals surface area contributed by atoms with Gasteiger partial charge in [-0.3, -0.25) is 14.8 Å². The number of nitrogens with one attached hydrogen (secondary N) is 1. The zero-order valence-electron chi connectivity index (χ0n) is 20.2. The highest BCUT2D eigenvalue weighted by Gasteiger charge is 2.27. The second-order valence-corrected chi connectivity index (χ2v) is 9.16. The van der Waals surface area contributed by atoms with Crippen molar-refractivity contribution < 1.29 is 24.3 Å². The highest BCUT2D eigenvalue weighted by molar-refractivity contribution is 7.19. The lowest BCUT2D eigenvalue weighted by Crippen LogP contribution is -2.52. The van der Waals surface area contributed by atoms with E-state index in [2.05, 4.69) is 10.3 Å². The first kappa shape index (κ1) is 26.4. The van der Waals surface area contributed by atoms with Gasteiger partial charge >= 0.3 is 6.09 Å². The first-order chi connectivity index (χ1) is 16.9. The number of ether oxygens (including phenoxy) is 1. The summed E-state index contributed by atoms with van der Waals surface area (Å²) >= 11 is 1.22. The van der Waals surface area contributed by atoms with Crippen LogP contribution in [0.25, 0.3) is 10.6 Å². The van der Waals surface area contributed by atoms with Gasteiger partial charge in [-0.2, -0.15) is 0 Å². The minimum Gasteiger partial charge on any atom is -0.449 e. The quantitative estimate of drug-likeness (QED) is 0.378. The third-order valence-corrected chi connectivity index (χ3v) is 6.65. The van der Waals surface area contributed by atoms with Crippen LogP contribution in [0.3, 0.4) is 0 Å². The van der Waals surface area contributed by atoms with E-state index in [-0.39, 0.29) is 24.2 Å². The number of carbonyl (C=O) groups is 3. The molecule has 1 aliphatic rings. The molecule has 35 heavy (non-hydrogen) atoms. The molecule has 0 atom stereocenters. The second kappa shape index (κ2) is 13.1. The summed E-state index contributed by atoms with van der Waals surface area (Å²) in [7, 11) is 0. The van der Waals surface area contributed by atoms with E-state index in [1.165, 1.54) is 11.3 Å². The van der Waals surface area contributed by atoms with E-state index >= 15 is 0 Å². The van der Waals surface area contributed by atoms with Crippen molar-refractivity contribution in [1.29, 1.82) is 0 Å². The van der Waals surface area contributed by atoms with Gasteiger partial charge in [-0.1, -0.05) is 61.9 Å². The van der Waals surface area contributed by atoms with E-state index in [9.17, 15) is 19.6 Å². The van der Waals surface area contributed by atoms with Crippen LogP contribution in [-0.4, -0.2) is 83.8 Å². The van der Waals surface area contributed by atoms with Gasteiger partial charge < -0.3 is 19.9 Å². The number of aromatic nitrogens is 1. The molecule has 0 bridgehead atoms. The predicted octanol–water partition coefficient (Wildman–Crippen LogP) is 3.23. The number of benzene rings is 1. The largest absolute Gasteiger partial charge is 0.449 e. The normalized spacial score (nSPS) is 13.5. The van der Waals surface area contributed by atoms with E-state index in [1.807, 2.05) is 44.2 Å². The number of thiazole rings is 1. The summed E-state index contributed by atoms with van der Waals surface area (Å²) in [5.41, 5.74) is 0.919. The molecule has 1 aliphatic heterocycles. The summed E-state index contributed by atoms with van der Waals surface area (Å²) in [4.78, 5) is 45.3. The van der Waals surface area contributed by atoms with Crippen LogP contribution in [0.2, 0.25) is 0 Å². The number of unbranched alkanes of at least 4 members (excludes halogenated alkanes) is 1. The van der Waals surface area contributed by atoms with E-state index in [4.69, 9.17) is 4.74 Å². The number of hydrogen-bond acceptors (Lipinski definition) is 8. The number of hydrogen-bond donors (Lipinski definition) is 2. The summed E-state index contributed by atoms with van der Waals surface area (Å²) in [5, 5.41) is 15.0. The Hall–Kier alpha value is -3.18. The zero-order valence-corrected chi connectivity index (χ0v) is 21.1. The van der Waals surface area contributed by atoms with Crippen LogP contribution in [0.4, 0.5) is 9.80 Å². The van der Waals surface area contributed by atoms with Crippen molar-refractivity contribution in [1.82, 2.24) is 20.1 Å². The average molecular weight is 504 g/mol. The molecule has 1 saturated heterocycles. The summed E-state index contributed by atoms with van der Waals surface area (Å²) in [5.74, 6) is -0.771. The molecule has 3 rings (SSSR count). The molecule has 0 spiro atoms. The smallest absolute Gasteiger partial charge is 0.409 e. The Morgan fingerprint density at radius 1 is 1.09 bits per heavy atom. The number of anilines is 1. The number of amides is 3. The molecule has 1 aromatic heterocycles. The van der Waals surface area contributed by atoms with Crippen molar-refractivity contribution in [2.75, 3.05) is 50.9 Å². The lowest BCUT2D eigenvalue weighted by Gasteiger charge is -2.34. The summed E-state index contributed by atoms with van der Waals surface area (Å²) in [6, 6.07) is 9.41. The molecule has 2 N–H and O–H groups in total. The maximum absolute atomic E-state index is 12.9. The third-order valence-electron chi connectivity index (χ3n) is 5.53. The zero-order chi connectivity index (χ0) is 25.2. The fourth-order valence-electron chi connectivity index (χ4n) is 3.54. The Balaban J connectivity index is 1.57. The van der Waals surface area contributed by atoms with Crippen molar-refractivity contribution in [2.24, 2.45) is 0 Å². The molecule has 2 heterocycles. The molecule has 10 nitrogen and oxygen atoms in total. The first-order valence-electron chi connectivity index (χ1n) is 11.9. The lowest BCUT2D eigenvalue weighted by molar-refractivity contribution is -0.131. The van der Waals surface area contributed by atoms with Gasteiger partial charge in [-0.25, -0.2) is 14.8 Å². The van der Waals surface area contributed by atoms with Gasteiger partial charge in [0.25, 0.3) is 5.91 Å². The number of piperazine rings is 1.